The average Bonchev–Trinajstić information content (AvgIpc) is 2.92. The zero-order chi connectivity index (χ0) is 26.2. The van der Waals surface area contributed by atoms with Crippen LogP contribution in [0.2, 0.25) is 5.02 Å². The van der Waals surface area contributed by atoms with E-state index < -0.39 is 5.97 Å². The highest BCUT2D eigenvalue weighted by atomic mass is 35.5. The van der Waals surface area contributed by atoms with E-state index in [1.54, 1.807) is 24.3 Å². The molecule has 9 heteroatoms. The van der Waals surface area contributed by atoms with Crippen molar-refractivity contribution in [3.05, 3.63) is 64.7 Å². The molecule has 3 amide bonds. The Morgan fingerprint density at radius 2 is 1.49 bits per heavy atom. The highest BCUT2D eigenvalue weighted by Crippen LogP contribution is 2.29. The van der Waals surface area contributed by atoms with Crippen LogP contribution in [0.15, 0.2) is 48.5 Å². The molecule has 2 aromatic carbocycles. The number of halogens is 1. The number of ether oxygens (including phenoxy) is 1. The van der Waals surface area contributed by atoms with Crippen LogP contribution in [0.5, 0.6) is 5.75 Å². The van der Waals surface area contributed by atoms with E-state index in [4.69, 9.17) is 21.4 Å². The molecule has 0 bridgehead atoms. The monoisotopic (exact) mass is 527 g/mol. The lowest BCUT2D eigenvalue weighted by atomic mass is 9.87. The standard InChI is InChI=1S/C28H34ClN3O5/c29-23-7-1-19(2-8-23)20-13-17-32(18-14-20)28(36)31-16-15-30-26(33)21-3-9-24(10-4-21)37-25-11-5-22(6-12-25)27(34)35/h1-4,7-10,20,22,25H,5-6,11-18H2,(H,30,33)(H,31,36)(H,34,35)/t22-,25+. The van der Waals surface area contributed by atoms with Gasteiger partial charge in [-0.25, -0.2) is 4.79 Å². The number of carboxylic acid groups (broad SMARTS) is 1. The highest BCUT2D eigenvalue weighted by Gasteiger charge is 2.27. The topological polar surface area (TPSA) is 108 Å². The first-order valence-corrected chi connectivity index (χ1v) is 13.3. The largest absolute Gasteiger partial charge is 0.490 e. The van der Waals surface area contributed by atoms with Crippen molar-refractivity contribution in [2.24, 2.45) is 5.92 Å². The Kier molecular flexibility index (Phi) is 9.28. The molecule has 4 rings (SSSR count). The number of carbonyl (C=O) groups is 3. The highest BCUT2D eigenvalue weighted by molar-refractivity contribution is 6.30. The first-order chi connectivity index (χ1) is 17.9. The van der Waals surface area contributed by atoms with Gasteiger partial charge in [0.05, 0.1) is 12.0 Å². The maximum Gasteiger partial charge on any atom is 0.317 e. The van der Waals surface area contributed by atoms with Crippen LogP contribution in [0.3, 0.4) is 0 Å². The zero-order valence-corrected chi connectivity index (χ0v) is 21.6. The quantitative estimate of drug-likeness (QED) is 0.432. The lowest BCUT2D eigenvalue weighted by Crippen LogP contribution is -2.46. The summed E-state index contributed by atoms with van der Waals surface area (Å²) in [4.78, 5) is 37.8. The van der Waals surface area contributed by atoms with Gasteiger partial charge in [-0.15, -0.1) is 0 Å². The Hall–Kier alpha value is -3.26. The van der Waals surface area contributed by atoms with Gasteiger partial charge in [-0.1, -0.05) is 23.7 Å². The van der Waals surface area contributed by atoms with Gasteiger partial charge in [-0.05, 0) is 86.4 Å². The number of benzene rings is 2. The van der Waals surface area contributed by atoms with E-state index in [1.165, 1.54) is 5.56 Å². The van der Waals surface area contributed by atoms with Crippen LogP contribution in [0.1, 0.15) is 60.4 Å². The minimum Gasteiger partial charge on any atom is -0.490 e. The SMILES string of the molecule is O=C(NCCNC(=O)N1CCC(c2ccc(Cl)cc2)CC1)c1ccc(O[C@H]2CC[C@@H](C(=O)O)CC2)cc1. The Balaban J connectivity index is 1.12. The van der Waals surface area contributed by atoms with E-state index in [0.29, 0.717) is 69.1 Å². The summed E-state index contributed by atoms with van der Waals surface area (Å²) in [6.45, 7) is 2.07. The van der Waals surface area contributed by atoms with Crippen LogP contribution in [0.25, 0.3) is 0 Å². The van der Waals surface area contributed by atoms with Gasteiger partial charge in [-0.2, -0.15) is 0 Å². The van der Waals surface area contributed by atoms with E-state index in [1.807, 2.05) is 17.0 Å². The summed E-state index contributed by atoms with van der Waals surface area (Å²) in [7, 11) is 0. The Morgan fingerprint density at radius 3 is 2.11 bits per heavy atom. The number of amides is 3. The molecule has 3 N–H and O–H groups in total. The van der Waals surface area contributed by atoms with Gasteiger partial charge in [0, 0.05) is 36.8 Å². The summed E-state index contributed by atoms with van der Waals surface area (Å²) in [5.74, 6) is -0.121. The van der Waals surface area contributed by atoms with Crippen molar-refractivity contribution in [1.82, 2.24) is 15.5 Å². The van der Waals surface area contributed by atoms with E-state index >= 15 is 0 Å². The molecular formula is C28H34ClN3O5. The second kappa shape index (κ2) is 12.8. The van der Waals surface area contributed by atoms with Crippen molar-refractivity contribution in [2.75, 3.05) is 26.2 Å². The predicted octanol–water partition coefficient (Wildman–Crippen LogP) is 4.68. The number of rotatable bonds is 8. The second-order valence-electron chi connectivity index (χ2n) is 9.75. The molecule has 0 spiro atoms. The Bertz CT molecular complexity index is 1060. The van der Waals surface area contributed by atoms with Crippen molar-refractivity contribution in [3.63, 3.8) is 0 Å². The summed E-state index contributed by atoms with van der Waals surface area (Å²) in [5, 5.41) is 15.5. The molecule has 0 atom stereocenters. The van der Waals surface area contributed by atoms with Gasteiger partial charge in [-0.3, -0.25) is 9.59 Å². The molecule has 2 aromatic rings. The third-order valence-corrected chi connectivity index (χ3v) is 7.51. The summed E-state index contributed by atoms with van der Waals surface area (Å²) in [6.07, 6.45) is 4.50. The molecule has 0 radical (unpaired) electrons. The van der Waals surface area contributed by atoms with Crippen molar-refractivity contribution in [2.45, 2.75) is 50.5 Å². The number of hydrogen-bond donors (Lipinski definition) is 3. The van der Waals surface area contributed by atoms with Gasteiger partial charge >= 0.3 is 12.0 Å². The smallest absolute Gasteiger partial charge is 0.317 e. The normalized spacial score (nSPS) is 20.2. The van der Waals surface area contributed by atoms with Crippen LogP contribution in [0, 0.1) is 5.92 Å². The van der Waals surface area contributed by atoms with Crippen LogP contribution in [0.4, 0.5) is 4.79 Å². The van der Waals surface area contributed by atoms with E-state index in [0.717, 1.165) is 17.9 Å². The molecule has 0 aromatic heterocycles. The molecule has 1 aliphatic carbocycles. The molecule has 2 aliphatic rings. The fourth-order valence-electron chi connectivity index (χ4n) is 5.02. The number of nitrogens with one attached hydrogen (secondary N) is 2. The average molecular weight is 528 g/mol. The first-order valence-electron chi connectivity index (χ1n) is 12.9. The maximum absolute atomic E-state index is 12.5. The number of likely N-dealkylation sites (tertiary alicyclic amines) is 1. The summed E-state index contributed by atoms with van der Waals surface area (Å²) >= 11 is 5.97. The third-order valence-electron chi connectivity index (χ3n) is 7.25. The van der Waals surface area contributed by atoms with E-state index in [9.17, 15) is 14.4 Å². The molecule has 1 heterocycles. The minimum absolute atomic E-state index is 0.00196. The van der Waals surface area contributed by atoms with Gasteiger partial charge in [0.1, 0.15) is 5.75 Å². The van der Waals surface area contributed by atoms with Crippen LogP contribution < -0.4 is 15.4 Å². The number of nitrogens with zero attached hydrogens (tertiary/aromatic N) is 1. The summed E-state index contributed by atoms with van der Waals surface area (Å²) < 4.78 is 5.95. The lowest BCUT2D eigenvalue weighted by Gasteiger charge is -2.32. The number of hydrogen-bond acceptors (Lipinski definition) is 4. The fourth-order valence-corrected chi connectivity index (χ4v) is 5.14. The number of carbonyl (C=O) groups excluding carboxylic acids is 2. The van der Waals surface area contributed by atoms with Crippen molar-refractivity contribution < 1.29 is 24.2 Å². The zero-order valence-electron chi connectivity index (χ0n) is 20.8. The number of aliphatic carboxylic acids is 1. The van der Waals surface area contributed by atoms with Gasteiger partial charge in [0.15, 0.2) is 0 Å². The number of urea groups is 1. The molecule has 8 nitrogen and oxygen atoms in total. The van der Waals surface area contributed by atoms with E-state index in [2.05, 4.69) is 22.8 Å². The number of piperidine rings is 1. The molecule has 198 valence electrons. The second-order valence-corrected chi connectivity index (χ2v) is 10.2. The molecule has 37 heavy (non-hydrogen) atoms. The van der Waals surface area contributed by atoms with Gasteiger partial charge < -0.3 is 25.4 Å². The molecule has 1 aliphatic heterocycles. The lowest BCUT2D eigenvalue weighted by molar-refractivity contribution is -0.143. The van der Waals surface area contributed by atoms with Crippen molar-refractivity contribution in [3.8, 4) is 5.75 Å². The minimum atomic E-state index is -0.733. The number of carboxylic acids is 1. The molecule has 1 saturated carbocycles. The van der Waals surface area contributed by atoms with Crippen LogP contribution in [-0.2, 0) is 4.79 Å². The Morgan fingerprint density at radius 1 is 0.865 bits per heavy atom. The molecule has 0 unspecified atom stereocenters. The van der Waals surface area contributed by atoms with Gasteiger partial charge in [0.2, 0.25) is 0 Å². The van der Waals surface area contributed by atoms with Crippen LogP contribution >= 0.6 is 11.6 Å². The fraction of sp³-hybridized carbons (Fsp3) is 0.464. The Labute approximate surface area is 222 Å². The van der Waals surface area contributed by atoms with Crippen molar-refractivity contribution >= 4 is 29.5 Å². The van der Waals surface area contributed by atoms with Gasteiger partial charge in [0.25, 0.3) is 5.91 Å². The first kappa shape index (κ1) is 26.8. The summed E-state index contributed by atoms with van der Waals surface area (Å²) in [6, 6.07) is 14.7. The van der Waals surface area contributed by atoms with E-state index in [-0.39, 0.29) is 24.0 Å². The predicted molar refractivity (Wildman–Crippen MR) is 141 cm³/mol. The maximum atomic E-state index is 12.5. The summed E-state index contributed by atoms with van der Waals surface area (Å²) in [5.41, 5.74) is 1.77. The van der Waals surface area contributed by atoms with Crippen molar-refractivity contribution in [1.29, 1.82) is 0 Å². The molecule has 1 saturated heterocycles. The molecular weight excluding hydrogens is 494 g/mol. The van der Waals surface area contributed by atoms with Crippen LogP contribution in [-0.4, -0.2) is 60.2 Å². The third kappa shape index (κ3) is 7.61. The molecule has 2 fully saturated rings.